The number of rotatable bonds is 11. The zero-order valence-corrected chi connectivity index (χ0v) is 21.7. The van der Waals surface area contributed by atoms with E-state index in [1.807, 2.05) is 54.6 Å². The van der Waals surface area contributed by atoms with E-state index in [2.05, 4.69) is 21.2 Å². The third-order valence-electron chi connectivity index (χ3n) is 6.47. The Morgan fingerprint density at radius 2 is 1.76 bits per heavy atom. The van der Waals surface area contributed by atoms with Crippen LogP contribution in [0.2, 0.25) is 0 Å². The maximum atomic E-state index is 12.7. The molecule has 0 spiro atoms. The highest BCUT2D eigenvalue weighted by molar-refractivity contribution is 7.89. The van der Waals surface area contributed by atoms with Crippen LogP contribution in [0.4, 0.5) is 5.82 Å². The molecule has 9 heteroatoms. The van der Waals surface area contributed by atoms with Crippen molar-refractivity contribution in [2.24, 2.45) is 0 Å². The number of nitrogens with one attached hydrogen (secondary N) is 1. The molecule has 0 aliphatic rings. The highest BCUT2D eigenvalue weighted by Crippen LogP contribution is 2.29. The molecule has 3 aromatic carbocycles. The van der Waals surface area contributed by atoms with E-state index in [1.165, 1.54) is 0 Å². The number of sulfonamides is 1. The van der Waals surface area contributed by atoms with Crippen LogP contribution in [0.1, 0.15) is 25.6 Å². The first-order valence-electron chi connectivity index (χ1n) is 12.6. The molecule has 5 aromatic rings. The second-order valence-electron chi connectivity index (χ2n) is 9.01. The Bertz CT molecular complexity index is 1660. The number of imidazole rings is 1. The van der Waals surface area contributed by atoms with Crippen LogP contribution in [0.15, 0.2) is 71.6 Å². The molecule has 0 fully saturated rings. The van der Waals surface area contributed by atoms with Gasteiger partial charge in [-0.1, -0.05) is 61.9 Å². The Kier molecular flexibility index (Phi) is 7.36. The fourth-order valence-electron chi connectivity index (χ4n) is 4.60. The summed E-state index contributed by atoms with van der Waals surface area (Å²) >= 11 is 0. The summed E-state index contributed by atoms with van der Waals surface area (Å²) < 4.78 is 36.1. The van der Waals surface area contributed by atoms with Crippen molar-refractivity contribution < 1.29 is 13.2 Å². The number of hydrogen-bond donors (Lipinski definition) is 2. The summed E-state index contributed by atoms with van der Waals surface area (Å²) in [5.74, 6) is 1.39. The third-order valence-corrected chi connectivity index (χ3v) is 7.93. The molecule has 8 nitrogen and oxygen atoms in total. The summed E-state index contributed by atoms with van der Waals surface area (Å²) in [6, 6.07) is 20.7. The molecule has 5 rings (SSSR count). The van der Waals surface area contributed by atoms with Crippen molar-refractivity contribution >= 4 is 48.5 Å². The van der Waals surface area contributed by atoms with Crippen molar-refractivity contribution in [1.29, 1.82) is 0 Å². The van der Waals surface area contributed by atoms with Crippen LogP contribution in [0.5, 0.6) is 0 Å². The molecule has 0 saturated heterocycles. The number of aromatic nitrogens is 3. The third kappa shape index (κ3) is 5.29. The molecular weight excluding hydrogens is 486 g/mol. The van der Waals surface area contributed by atoms with E-state index >= 15 is 0 Å². The van der Waals surface area contributed by atoms with Crippen LogP contribution in [0.3, 0.4) is 0 Å². The molecule has 0 amide bonds. The number of benzene rings is 3. The summed E-state index contributed by atoms with van der Waals surface area (Å²) in [6.45, 7) is 3.59. The summed E-state index contributed by atoms with van der Waals surface area (Å²) in [7, 11) is -3.62. The van der Waals surface area contributed by atoms with Gasteiger partial charge in [0.25, 0.3) is 0 Å². The van der Waals surface area contributed by atoms with Crippen molar-refractivity contribution in [3.63, 3.8) is 0 Å². The molecule has 0 unspecified atom stereocenters. The number of aryl methyl sites for hydroxylation is 1. The molecule has 2 aromatic heterocycles. The first-order chi connectivity index (χ1) is 18.0. The number of unbranched alkanes of at least 4 members (excludes halogenated alkanes) is 1. The lowest BCUT2D eigenvalue weighted by Gasteiger charge is -2.12. The van der Waals surface area contributed by atoms with Crippen LogP contribution >= 0.6 is 0 Å². The molecule has 0 radical (unpaired) electrons. The van der Waals surface area contributed by atoms with E-state index in [9.17, 15) is 8.42 Å². The highest BCUT2D eigenvalue weighted by atomic mass is 32.2. The zero-order chi connectivity index (χ0) is 25.8. The van der Waals surface area contributed by atoms with Gasteiger partial charge in [0.1, 0.15) is 11.3 Å². The number of para-hydroxylation sites is 1. The van der Waals surface area contributed by atoms with Gasteiger partial charge in [-0.2, -0.15) is 0 Å². The molecule has 2 heterocycles. The summed E-state index contributed by atoms with van der Waals surface area (Å²) in [5.41, 5.74) is 8.78. The summed E-state index contributed by atoms with van der Waals surface area (Å²) in [4.78, 5) is 9.61. The van der Waals surface area contributed by atoms with Gasteiger partial charge in [0.2, 0.25) is 10.0 Å². The van der Waals surface area contributed by atoms with Crippen molar-refractivity contribution in [3.8, 4) is 0 Å². The Balaban J connectivity index is 1.25. The quantitative estimate of drug-likeness (QED) is 0.247. The maximum Gasteiger partial charge on any atom is 0.240 e. The van der Waals surface area contributed by atoms with E-state index in [1.54, 1.807) is 12.1 Å². The lowest BCUT2D eigenvalue weighted by Crippen LogP contribution is -2.27. The van der Waals surface area contributed by atoms with Crippen LogP contribution in [-0.2, 0) is 27.7 Å². The fourth-order valence-corrected chi connectivity index (χ4v) is 5.64. The van der Waals surface area contributed by atoms with Crippen molar-refractivity contribution in [3.05, 3.63) is 72.6 Å². The number of hydrogen-bond acceptors (Lipinski definition) is 6. The van der Waals surface area contributed by atoms with E-state index < -0.39 is 10.0 Å². The first-order valence-corrected chi connectivity index (χ1v) is 14.1. The Labute approximate surface area is 216 Å². The number of fused-ring (bicyclic) bond motifs is 4. The number of pyridine rings is 1. The van der Waals surface area contributed by atoms with Gasteiger partial charge in [-0.05, 0) is 35.4 Å². The van der Waals surface area contributed by atoms with Gasteiger partial charge >= 0.3 is 0 Å². The Morgan fingerprint density at radius 1 is 0.973 bits per heavy atom. The van der Waals surface area contributed by atoms with Crippen molar-refractivity contribution in [2.75, 3.05) is 25.5 Å². The largest absolute Gasteiger partial charge is 0.382 e. The van der Waals surface area contributed by atoms with Crippen LogP contribution in [-0.4, -0.2) is 42.7 Å². The van der Waals surface area contributed by atoms with Crippen LogP contribution < -0.4 is 10.5 Å². The van der Waals surface area contributed by atoms with Gasteiger partial charge < -0.3 is 15.0 Å². The molecule has 3 N–H and O–H groups in total. The molecule has 0 saturated carbocycles. The summed E-state index contributed by atoms with van der Waals surface area (Å²) in [5, 5.41) is 2.89. The molecule has 0 bridgehead atoms. The average Bonchev–Trinajstić information content (AvgIpc) is 3.28. The predicted molar refractivity (Wildman–Crippen MR) is 148 cm³/mol. The zero-order valence-electron chi connectivity index (χ0n) is 20.9. The van der Waals surface area contributed by atoms with E-state index in [0.29, 0.717) is 24.5 Å². The molecule has 0 aliphatic carbocycles. The smallest absolute Gasteiger partial charge is 0.240 e. The van der Waals surface area contributed by atoms with Gasteiger partial charge in [0.05, 0.1) is 29.1 Å². The molecule has 0 aliphatic heterocycles. The van der Waals surface area contributed by atoms with Crippen LogP contribution in [0.25, 0.3) is 32.7 Å². The Hall–Kier alpha value is -3.53. The SMILES string of the molecule is CCCCc1nc2c(N)nc3ccccc3c2n1CCOCCNS(=O)(=O)c1ccc2ccccc2c1. The molecular formula is C28H31N5O3S. The van der Waals surface area contributed by atoms with Gasteiger partial charge in [-0.25, -0.2) is 23.1 Å². The van der Waals surface area contributed by atoms with Crippen molar-refractivity contribution in [2.45, 2.75) is 37.6 Å². The van der Waals surface area contributed by atoms with Gasteiger partial charge in [0, 0.05) is 24.9 Å². The molecule has 37 heavy (non-hydrogen) atoms. The Morgan fingerprint density at radius 3 is 2.59 bits per heavy atom. The molecule has 0 atom stereocenters. The normalized spacial score (nSPS) is 12.1. The number of anilines is 1. The second kappa shape index (κ2) is 10.8. The lowest BCUT2D eigenvalue weighted by molar-refractivity contribution is 0.131. The van der Waals surface area contributed by atoms with Gasteiger partial charge in [-0.15, -0.1) is 0 Å². The number of nitrogen functional groups attached to an aromatic ring is 1. The van der Waals surface area contributed by atoms with Crippen LogP contribution in [0, 0.1) is 0 Å². The average molecular weight is 518 g/mol. The highest BCUT2D eigenvalue weighted by Gasteiger charge is 2.17. The number of nitrogens with two attached hydrogens (primary N) is 1. The van der Waals surface area contributed by atoms with E-state index in [4.69, 9.17) is 15.5 Å². The maximum absolute atomic E-state index is 12.7. The van der Waals surface area contributed by atoms with Gasteiger partial charge in [0.15, 0.2) is 5.82 Å². The number of ether oxygens (including phenoxy) is 1. The monoisotopic (exact) mass is 517 g/mol. The fraction of sp³-hybridized carbons (Fsp3) is 0.286. The van der Waals surface area contributed by atoms with Gasteiger partial charge in [-0.3, -0.25) is 0 Å². The summed E-state index contributed by atoms with van der Waals surface area (Å²) in [6.07, 6.45) is 2.92. The van der Waals surface area contributed by atoms with E-state index in [-0.39, 0.29) is 18.0 Å². The molecule has 192 valence electrons. The minimum Gasteiger partial charge on any atom is -0.382 e. The number of nitrogens with zero attached hydrogens (tertiary/aromatic N) is 3. The lowest BCUT2D eigenvalue weighted by atomic mass is 10.1. The topological polar surface area (TPSA) is 112 Å². The van der Waals surface area contributed by atoms with Crippen molar-refractivity contribution in [1.82, 2.24) is 19.3 Å². The standard InChI is InChI=1S/C28H31N5O3S/c1-2-3-12-25-32-26-27(23-10-6-7-11-24(23)31-28(26)29)33(25)16-18-36-17-15-30-37(34,35)22-14-13-20-8-4-5-9-21(20)19-22/h4-11,13-14,19,30H,2-3,12,15-18H2,1H3,(H2,29,31). The van der Waals surface area contributed by atoms with E-state index in [0.717, 1.165) is 52.3 Å². The first kappa shape index (κ1) is 25.1. The second-order valence-corrected chi connectivity index (χ2v) is 10.8. The minimum absolute atomic E-state index is 0.183. The predicted octanol–water partition coefficient (Wildman–Crippen LogP) is 4.66. The minimum atomic E-state index is -3.62.